The highest BCUT2D eigenvalue weighted by molar-refractivity contribution is 6.41. The molecule has 5 rings (SSSR count). The van der Waals surface area contributed by atoms with Crippen molar-refractivity contribution >= 4 is 57.7 Å². The van der Waals surface area contributed by atoms with E-state index in [1.165, 1.54) is 27.2 Å². The van der Waals surface area contributed by atoms with Gasteiger partial charge in [0, 0.05) is 49.8 Å². The number of anilines is 2. The molecule has 0 radical (unpaired) electrons. The van der Waals surface area contributed by atoms with Gasteiger partial charge in [-0.15, -0.1) is 0 Å². The summed E-state index contributed by atoms with van der Waals surface area (Å²) < 4.78 is 10.9. The lowest BCUT2D eigenvalue weighted by Crippen LogP contribution is -2.45. The first-order chi connectivity index (χ1) is 19.7. The first kappa shape index (κ1) is 28.7. The summed E-state index contributed by atoms with van der Waals surface area (Å²) in [5, 5.41) is 11.0. The van der Waals surface area contributed by atoms with Crippen molar-refractivity contribution in [3.05, 3.63) is 41.0 Å². The van der Waals surface area contributed by atoms with E-state index < -0.39 is 0 Å². The zero-order chi connectivity index (χ0) is 29.3. The Morgan fingerprint density at radius 1 is 1.10 bits per heavy atom. The van der Waals surface area contributed by atoms with E-state index in [2.05, 4.69) is 27.5 Å². The molecule has 0 unspecified atom stereocenters. The summed E-state index contributed by atoms with van der Waals surface area (Å²) in [7, 11) is 3.04. The molecule has 1 saturated heterocycles. The number of benzene rings is 1. The van der Waals surface area contributed by atoms with Crippen LogP contribution in [0.1, 0.15) is 19.8 Å². The van der Waals surface area contributed by atoms with Gasteiger partial charge >= 0.3 is 0 Å². The maximum atomic E-state index is 12.1. The van der Waals surface area contributed by atoms with Crippen LogP contribution in [0.25, 0.3) is 22.2 Å². The zero-order valence-electron chi connectivity index (χ0n) is 23.0. The molecule has 2 amide bonds. The molecular formula is C28H31Cl2N7O4. The maximum Gasteiger partial charge on any atom is 0.243 e. The van der Waals surface area contributed by atoms with E-state index in [1.807, 2.05) is 6.07 Å². The third kappa shape index (κ3) is 6.11. The summed E-state index contributed by atoms with van der Waals surface area (Å²) in [5.41, 5.74) is 1.58. The lowest BCUT2D eigenvalue weighted by atomic mass is 10.1. The second-order valence-electron chi connectivity index (χ2n) is 10.1. The van der Waals surface area contributed by atoms with Crippen LogP contribution >= 0.6 is 23.2 Å². The molecule has 2 atom stereocenters. The monoisotopic (exact) mass is 599 g/mol. The largest absolute Gasteiger partial charge is 0.495 e. The number of likely N-dealkylation sites (tertiary alicyclic amines) is 1. The molecule has 3 heterocycles. The maximum absolute atomic E-state index is 12.1. The van der Waals surface area contributed by atoms with Crippen molar-refractivity contribution in [2.75, 3.05) is 44.5 Å². The fraction of sp³-hybridized carbons (Fsp3) is 0.393. The van der Waals surface area contributed by atoms with Crippen molar-refractivity contribution in [2.24, 2.45) is 5.92 Å². The number of methoxy groups -OCH3 is 2. The second-order valence-corrected chi connectivity index (χ2v) is 10.8. The number of hydrogen-bond acceptors (Lipinski definition) is 9. The molecule has 3 aromatic rings. The van der Waals surface area contributed by atoms with Gasteiger partial charge in [0.2, 0.25) is 17.8 Å². The molecule has 1 aliphatic carbocycles. The minimum Gasteiger partial charge on any atom is -0.495 e. The highest BCUT2D eigenvalue weighted by Crippen LogP contribution is 2.46. The predicted octanol–water partition coefficient (Wildman–Crippen LogP) is 4.15. The molecule has 2 fully saturated rings. The lowest BCUT2D eigenvalue weighted by Gasteiger charge is -2.20. The molecule has 2 aliphatic rings. The van der Waals surface area contributed by atoms with Crippen molar-refractivity contribution in [2.45, 2.75) is 31.8 Å². The number of nitrogens with one attached hydrogen (secondary N) is 3. The molecule has 11 nitrogen and oxygen atoms in total. The number of hydrogen-bond donors (Lipinski definition) is 3. The zero-order valence-corrected chi connectivity index (χ0v) is 24.5. The van der Waals surface area contributed by atoms with Crippen LogP contribution in [-0.2, 0) is 9.59 Å². The Hall–Kier alpha value is -3.83. The second kappa shape index (κ2) is 12.0. The molecule has 41 heavy (non-hydrogen) atoms. The number of amides is 2. The lowest BCUT2D eigenvalue weighted by molar-refractivity contribution is -0.128. The van der Waals surface area contributed by atoms with E-state index in [0.717, 1.165) is 19.4 Å². The molecule has 13 heteroatoms. The first-order valence-corrected chi connectivity index (χ1v) is 13.9. The number of pyridine rings is 1. The van der Waals surface area contributed by atoms with E-state index in [-0.39, 0.29) is 23.9 Å². The molecule has 0 spiro atoms. The fourth-order valence-corrected chi connectivity index (χ4v) is 5.49. The summed E-state index contributed by atoms with van der Waals surface area (Å²) in [5.74, 6) is 1.88. The quantitative estimate of drug-likeness (QED) is 0.294. The number of carbonyl (C=O) groups is 2. The molecule has 0 bridgehead atoms. The average molecular weight is 601 g/mol. The van der Waals surface area contributed by atoms with Gasteiger partial charge < -0.3 is 30.3 Å². The van der Waals surface area contributed by atoms with E-state index in [0.29, 0.717) is 74.5 Å². The van der Waals surface area contributed by atoms with Crippen molar-refractivity contribution in [3.63, 3.8) is 0 Å². The molecule has 1 saturated carbocycles. The van der Waals surface area contributed by atoms with Crippen LogP contribution < -0.4 is 25.4 Å². The van der Waals surface area contributed by atoms with Gasteiger partial charge in [-0.25, -0.2) is 15.0 Å². The Morgan fingerprint density at radius 3 is 2.39 bits per heavy atom. The van der Waals surface area contributed by atoms with Crippen LogP contribution in [0.15, 0.2) is 31.0 Å². The smallest absolute Gasteiger partial charge is 0.243 e. The Balaban J connectivity index is 1.54. The predicted molar refractivity (Wildman–Crippen MR) is 159 cm³/mol. The topological polar surface area (TPSA) is 131 Å². The van der Waals surface area contributed by atoms with Gasteiger partial charge in [-0.1, -0.05) is 29.8 Å². The molecule has 1 aliphatic heterocycles. The molecule has 1 aromatic carbocycles. The summed E-state index contributed by atoms with van der Waals surface area (Å²) in [4.78, 5) is 40.0. The highest BCUT2D eigenvalue weighted by atomic mass is 35.5. The summed E-state index contributed by atoms with van der Waals surface area (Å²) >= 11 is 13.4. The minimum absolute atomic E-state index is 0.0821. The normalized spacial score (nSPS) is 18.2. The summed E-state index contributed by atoms with van der Waals surface area (Å²) in [6.07, 6.45) is 5.20. The molecule has 216 valence electrons. The Labute approximate surface area is 247 Å². The van der Waals surface area contributed by atoms with Crippen molar-refractivity contribution in [1.29, 1.82) is 0 Å². The highest BCUT2D eigenvalue weighted by Gasteiger charge is 2.35. The number of fused-ring (bicyclic) bond motifs is 1. The SMILES string of the molecule is C=CC(=O)N[C@H]1CN(C(C)=O)C[C@H]1Nc1ncc2cc(-c3c(Cl)c(OC)cc(OC)c3Cl)nc(NCC3CC3)c2n1. The van der Waals surface area contributed by atoms with Gasteiger partial charge in [-0.3, -0.25) is 9.59 Å². The van der Waals surface area contributed by atoms with Gasteiger partial charge in [0.05, 0.1) is 42.0 Å². The Kier molecular flexibility index (Phi) is 8.37. The van der Waals surface area contributed by atoms with E-state index in [1.54, 1.807) is 17.2 Å². The number of aromatic nitrogens is 3. The molecule has 3 N–H and O–H groups in total. The summed E-state index contributed by atoms with van der Waals surface area (Å²) in [6.45, 7) is 6.51. The molecule has 2 aromatic heterocycles. The van der Waals surface area contributed by atoms with E-state index in [4.69, 9.17) is 42.6 Å². The fourth-order valence-electron chi connectivity index (χ4n) is 4.79. The number of rotatable bonds is 10. The summed E-state index contributed by atoms with van der Waals surface area (Å²) in [6, 6.07) is 2.79. The third-order valence-electron chi connectivity index (χ3n) is 7.24. The van der Waals surface area contributed by atoms with Crippen molar-refractivity contribution in [1.82, 2.24) is 25.2 Å². The van der Waals surface area contributed by atoms with Gasteiger partial charge in [0.1, 0.15) is 17.0 Å². The van der Waals surface area contributed by atoms with Gasteiger partial charge in [0.15, 0.2) is 5.82 Å². The number of halogens is 2. The van der Waals surface area contributed by atoms with Gasteiger partial charge in [-0.05, 0) is 30.9 Å². The van der Waals surface area contributed by atoms with Crippen molar-refractivity contribution in [3.8, 4) is 22.8 Å². The van der Waals surface area contributed by atoms with Crippen LogP contribution in [0.5, 0.6) is 11.5 Å². The van der Waals surface area contributed by atoms with Gasteiger partial charge in [-0.2, -0.15) is 0 Å². The van der Waals surface area contributed by atoms with E-state index >= 15 is 0 Å². The minimum atomic E-state index is -0.344. The Bertz CT molecular complexity index is 1490. The van der Waals surface area contributed by atoms with Crippen LogP contribution in [0.2, 0.25) is 10.0 Å². The number of ether oxygens (including phenoxy) is 2. The Morgan fingerprint density at radius 2 is 1.78 bits per heavy atom. The van der Waals surface area contributed by atoms with Crippen LogP contribution in [-0.4, -0.2) is 77.6 Å². The molecular weight excluding hydrogens is 569 g/mol. The van der Waals surface area contributed by atoms with Crippen LogP contribution in [0, 0.1) is 5.92 Å². The van der Waals surface area contributed by atoms with E-state index in [9.17, 15) is 9.59 Å². The van der Waals surface area contributed by atoms with Gasteiger partial charge in [0.25, 0.3) is 0 Å². The standard InChI is InChI=1S/C28H31Cl2N7O4/c1-5-22(39)33-18-12-37(14(2)38)13-19(18)35-28-32-11-16-8-17(34-27(26(16)36-28)31-10-15-6-7-15)23-24(29)20(40-3)9-21(41-4)25(23)30/h5,8-9,11,15,18-19H,1,6-7,10,12-13H2,2-4H3,(H,31,34)(H,33,39)(H,32,35,36)/t18-,19+/m0/s1. The number of nitrogens with zero attached hydrogens (tertiary/aromatic N) is 4. The third-order valence-corrected chi connectivity index (χ3v) is 7.99. The van der Waals surface area contributed by atoms with Crippen molar-refractivity contribution < 1.29 is 19.1 Å². The average Bonchev–Trinajstić information content (AvgIpc) is 3.71. The number of carbonyl (C=O) groups excluding carboxylic acids is 2. The first-order valence-electron chi connectivity index (χ1n) is 13.2. The van der Waals surface area contributed by atoms with Crippen LogP contribution in [0.3, 0.4) is 0 Å². The van der Waals surface area contributed by atoms with Crippen LogP contribution in [0.4, 0.5) is 11.8 Å².